The molecule has 1 aromatic carbocycles. The molecule has 1 atom stereocenters. The summed E-state index contributed by atoms with van der Waals surface area (Å²) >= 11 is 5.90. The fraction of sp³-hybridized carbons (Fsp3) is 0.500. The molecule has 2 fully saturated rings. The van der Waals surface area contributed by atoms with Gasteiger partial charge in [0, 0.05) is 23.7 Å². The Morgan fingerprint density at radius 3 is 2.71 bits per heavy atom. The number of tetrazole rings is 1. The molecule has 2 aromatic rings. The van der Waals surface area contributed by atoms with Crippen molar-refractivity contribution in [2.45, 2.75) is 38.4 Å². The van der Waals surface area contributed by atoms with E-state index < -0.39 is 0 Å². The van der Waals surface area contributed by atoms with E-state index in [4.69, 9.17) is 11.6 Å². The van der Waals surface area contributed by atoms with Gasteiger partial charge in [0.25, 0.3) is 0 Å². The summed E-state index contributed by atoms with van der Waals surface area (Å²) in [6, 6.07) is 6.85. The van der Waals surface area contributed by atoms with Gasteiger partial charge in [-0.2, -0.15) is 0 Å². The van der Waals surface area contributed by atoms with Crippen LogP contribution in [0.25, 0.3) is 0 Å². The van der Waals surface area contributed by atoms with Crippen LogP contribution in [0, 0.1) is 0 Å². The fourth-order valence-corrected chi connectivity index (χ4v) is 3.81. The SMILES string of the molecule is O=C(Cn1nnnc1CN1CCCC1)NC1CC(=O)N(c2ccc(Cl)cc2)C1. The maximum atomic E-state index is 12.5. The second kappa shape index (κ2) is 8.24. The van der Waals surface area contributed by atoms with Gasteiger partial charge in [-0.25, -0.2) is 4.68 Å². The normalized spacial score (nSPS) is 20.1. The number of hydrogen-bond donors (Lipinski definition) is 1. The number of amides is 2. The van der Waals surface area contributed by atoms with Crippen LogP contribution in [0.3, 0.4) is 0 Å². The molecule has 0 bridgehead atoms. The highest BCUT2D eigenvalue weighted by molar-refractivity contribution is 6.30. The fourth-order valence-electron chi connectivity index (χ4n) is 3.68. The van der Waals surface area contributed by atoms with E-state index in [2.05, 4.69) is 25.7 Å². The van der Waals surface area contributed by atoms with Crippen molar-refractivity contribution in [1.29, 1.82) is 0 Å². The van der Waals surface area contributed by atoms with E-state index in [9.17, 15) is 9.59 Å². The molecule has 9 nitrogen and oxygen atoms in total. The van der Waals surface area contributed by atoms with Crippen LogP contribution >= 0.6 is 11.6 Å². The molecule has 2 aliphatic rings. The Bertz CT molecular complexity index is 848. The van der Waals surface area contributed by atoms with E-state index in [-0.39, 0.29) is 30.8 Å². The molecule has 4 rings (SSSR count). The topological polar surface area (TPSA) is 96.2 Å². The number of nitrogens with one attached hydrogen (secondary N) is 1. The summed E-state index contributed by atoms with van der Waals surface area (Å²) in [7, 11) is 0. The molecule has 28 heavy (non-hydrogen) atoms. The molecule has 148 valence electrons. The molecule has 0 saturated carbocycles. The van der Waals surface area contributed by atoms with E-state index in [1.54, 1.807) is 29.2 Å². The number of benzene rings is 1. The predicted molar refractivity (Wildman–Crippen MR) is 103 cm³/mol. The van der Waals surface area contributed by atoms with Crippen LogP contribution in [0.15, 0.2) is 24.3 Å². The predicted octanol–water partition coefficient (Wildman–Crippen LogP) is 0.844. The summed E-state index contributed by atoms with van der Waals surface area (Å²) in [6.07, 6.45) is 2.63. The van der Waals surface area contributed by atoms with Gasteiger partial charge in [-0.15, -0.1) is 5.10 Å². The van der Waals surface area contributed by atoms with Gasteiger partial charge in [-0.3, -0.25) is 14.5 Å². The van der Waals surface area contributed by atoms with Crippen LogP contribution in [-0.4, -0.2) is 62.6 Å². The summed E-state index contributed by atoms with van der Waals surface area (Å²) < 4.78 is 1.53. The van der Waals surface area contributed by atoms with E-state index in [0.29, 0.717) is 23.9 Å². The van der Waals surface area contributed by atoms with Crippen molar-refractivity contribution in [3.63, 3.8) is 0 Å². The first-order valence-electron chi connectivity index (χ1n) is 9.41. The maximum absolute atomic E-state index is 12.5. The second-order valence-electron chi connectivity index (χ2n) is 7.19. The summed E-state index contributed by atoms with van der Waals surface area (Å²) in [5, 5.41) is 15.2. The number of rotatable bonds is 6. The lowest BCUT2D eigenvalue weighted by molar-refractivity contribution is -0.122. The van der Waals surface area contributed by atoms with Gasteiger partial charge < -0.3 is 10.2 Å². The molecule has 1 aromatic heterocycles. The average Bonchev–Trinajstić information content (AvgIpc) is 3.40. The molecule has 2 aliphatic heterocycles. The van der Waals surface area contributed by atoms with Gasteiger partial charge in [-0.05, 0) is 60.6 Å². The number of halogens is 1. The first kappa shape index (κ1) is 18.8. The first-order chi connectivity index (χ1) is 13.6. The molecule has 3 heterocycles. The van der Waals surface area contributed by atoms with E-state index in [0.717, 1.165) is 18.8 Å². The number of anilines is 1. The zero-order valence-corrected chi connectivity index (χ0v) is 16.2. The monoisotopic (exact) mass is 403 g/mol. The Labute approximate surface area is 167 Å². The molecule has 0 spiro atoms. The third kappa shape index (κ3) is 4.31. The van der Waals surface area contributed by atoms with Crippen LogP contribution in [0.5, 0.6) is 0 Å². The number of nitrogens with zero attached hydrogens (tertiary/aromatic N) is 6. The lowest BCUT2D eigenvalue weighted by Gasteiger charge is -2.17. The van der Waals surface area contributed by atoms with Crippen molar-refractivity contribution in [1.82, 2.24) is 30.4 Å². The Balaban J connectivity index is 1.33. The van der Waals surface area contributed by atoms with E-state index in [1.807, 2.05) is 0 Å². The molecule has 10 heteroatoms. The molecule has 1 N–H and O–H groups in total. The van der Waals surface area contributed by atoms with Crippen molar-refractivity contribution >= 4 is 29.1 Å². The van der Waals surface area contributed by atoms with Gasteiger partial charge >= 0.3 is 0 Å². The molecule has 0 aliphatic carbocycles. The van der Waals surface area contributed by atoms with Crippen LogP contribution in [-0.2, 0) is 22.7 Å². The van der Waals surface area contributed by atoms with Gasteiger partial charge in [0.1, 0.15) is 6.54 Å². The number of aromatic nitrogens is 4. The standard InChI is InChI=1S/C18H22ClN7O2/c19-13-3-5-15(6-4-13)25-10-14(9-18(25)28)20-17(27)12-26-16(21-22-23-26)11-24-7-1-2-8-24/h3-6,14H,1-2,7-12H2,(H,20,27). The first-order valence-corrected chi connectivity index (χ1v) is 9.79. The molecule has 2 amide bonds. The summed E-state index contributed by atoms with van der Waals surface area (Å²) in [5.41, 5.74) is 0.777. The highest BCUT2D eigenvalue weighted by Gasteiger charge is 2.31. The number of likely N-dealkylation sites (tertiary alicyclic amines) is 1. The van der Waals surface area contributed by atoms with E-state index >= 15 is 0 Å². The molecule has 2 saturated heterocycles. The smallest absolute Gasteiger partial charge is 0.242 e. The number of carbonyl (C=O) groups excluding carboxylic acids is 2. The summed E-state index contributed by atoms with van der Waals surface area (Å²) in [4.78, 5) is 28.7. The Morgan fingerprint density at radius 2 is 1.96 bits per heavy atom. The van der Waals surface area contributed by atoms with Crippen LogP contribution < -0.4 is 10.2 Å². The van der Waals surface area contributed by atoms with Gasteiger partial charge in [0.2, 0.25) is 11.8 Å². The lowest BCUT2D eigenvalue weighted by atomic mass is 10.2. The zero-order chi connectivity index (χ0) is 19.5. The Morgan fingerprint density at radius 1 is 1.21 bits per heavy atom. The van der Waals surface area contributed by atoms with Crippen molar-refractivity contribution in [3.8, 4) is 0 Å². The minimum absolute atomic E-state index is 0.0234. The van der Waals surface area contributed by atoms with Crippen LogP contribution in [0.4, 0.5) is 5.69 Å². The zero-order valence-electron chi connectivity index (χ0n) is 15.4. The quantitative estimate of drug-likeness (QED) is 0.768. The molecular weight excluding hydrogens is 382 g/mol. The van der Waals surface area contributed by atoms with Crippen molar-refractivity contribution in [2.75, 3.05) is 24.5 Å². The number of hydrogen-bond acceptors (Lipinski definition) is 6. The second-order valence-corrected chi connectivity index (χ2v) is 7.62. The Kier molecular flexibility index (Phi) is 5.54. The highest BCUT2D eigenvalue weighted by Crippen LogP contribution is 2.23. The molecule has 0 radical (unpaired) electrons. The van der Waals surface area contributed by atoms with Crippen molar-refractivity contribution < 1.29 is 9.59 Å². The third-order valence-corrected chi connectivity index (χ3v) is 5.34. The largest absolute Gasteiger partial charge is 0.349 e. The van der Waals surface area contributed by atoms with Crippen molar-refractivity contribution in [3.05, 3.63) is 35.1 Å². The highest BCUT2D eigenvalue weighted by atomic mass is 35.5. The summed E-state index contributed by atoms with van der Waals surface area (Å²) in [5.74, 6) is 0.456. The van der Waals surface area contributed by atoms with E-state index in [1.165, 1.54) is 17.5 Å². The van der Waals surface area contributed by atoms with Crippen LogP contribution in [0.2, 0.25) is 5.02 Å². The van der Waals surface area contributed by atoms with Gasteiger partial charge in [-0.1, -0.05) is 11.6 Å². The van der Waals surface area contributed by atoms with Crippen LogP contribution in [0.1, 0.15) is 25.1 Å². The molecular formula is C18H22ClN7O2. The minimum atomic E-state index is -0.241. The summed E-state index contributed by atoms with van der Waals surface area (Å²) in [6.45, 7) is 3.18. The molecule has 1 unspecified atom stereocenters. The number of carbonyl (C=O) groups is 2. The van der Waals surface area contributed by atoms with Crippen molar-refractivity contribution in [2.24, 2.45) is 0 Å². The van der Waals surface area contributed by atoms with Gasteiger partial charge in [0.15, 0.2) is 5.82 Å². The van der Waals surface area contributed by atoms with Gasteiger partial charge in [0.05, 0.1) is 12.6 Å². The third-order valence-electron chi connectivity index (χ3n) is 5.09. The lowest BCUT2D eigenvalue weighted by Crippen LogP contribution is -2.39. The average molecular weight is 404 g/mol. The maximum Gasteiger partial charge on any atom is 0.242 e. The Hall–Kier alpha value is -2.52. The minimum Gasteiger partial charge on any atom is -0.349 e.